The number of rotatable bonds is 3. The van der Waals surface area contributed by atoms with Crippen molar-refractivity contribution in [2.45, 2.75) is 25.1 Å². The molecule has 0 aliphatic heterocycles. The van der Waals surface area contributed by atoms with Crippen LogP contribution in [0.15, 0.2) is 22.9 Å². The number of halogens is 4. The Hall–Kier alpha value is -0.780. The molecule has 1 aromatic rings. The van der Waals surface area contributed by atoms with Crippen LogP contribution >= 0.6 is 15.9 Å². The van der Waals surface area contributed by atoms with Gasteiger partial charge < -0.3 is 4.90 Å². The highest BCUT2D eigenvalue weighted by Gasteiger charge is 2.38. The summed E-state index contributed by atoms with van der Waals surface area (Å²) in [4.78, 5) is 5.24. The van der Waals surface area contributed by atoms with Crippen LogP contribution in [0.3, 0.4) is 0 Å². The summed E-state index contributed by atoms with van der Waals surface area (Å²) in [6.07, 6.45) is 0.494. The van der Waals surface area contributed by atoms with Crippen molar-refractivity contribution in [2.75, 3.05) is 11.4 Å². The summed E-state index contributed by atoms with van der Waals surface area (Å²) >= 11 is 3.23. The zero-order valence-electron chi connectivity index (χ0n) is 8.34. The number of alkyl halides is 3. The highest BCUT2D eigenvalue weighted by Crippen LogP contribution is 2.37. The zero-order chi connectivity index (χ0) is 11.8. The molecule has 0 radical (unpaired) electrons. The van der Waals surface area contributed by atoms with Gasteiger partial charge in [0.15, 0.2) is 0 Å². The van der Waals surface area contributed by atoms with Gasteiger partial charge in [0.2, 0.25) is 0 Å². The van der Waals surface area contributed by atoms with E-state index in [0.717, 1.165) is 12.8 Å². The lowest BCUT2D eigenvalue weighted by atomic mass is 10.3. The summed E-state index contributed by atoms with van der Waals surface area (Å²) in [5, 5.41) is 0. The molecular formula is C10H10BrF3N2. The molecule has 0 spiro atoms. The molecule has 2 nitrogen and oxygen atoms in total. The third kappa shape index (κ3) is 2.87. The first-order chi connectivity index (χ1) is 7.47. The average molecular weight is 295 g/mol. The van der Waals surface area contributed by atoms with E-state index < -0.39 is 12.7 Å². The Morgan fingerprint density at radius 2 is 2.12 bits per heavy atom. The van der Waals surface area contributed by atoms with Crippen molar-refractivity contribution >= 4 is 21.6 Å². The van der Waals surface area contributed by atoms with E-state index >= 15 is 0 Å². The van der Waals surface area contributed by atoms with Crippen LogP contribution in [0, 0.1) is 0 Å². The SMILES string of the molecule is FC(F)(F)CN(c1ccncc1Br)C1CC1. The first kappa shape index (κ1) is 11.7. The van der Waals surface area contributed by atoms with E-state index in [1.54, 1.807) is 6.07 Å². The van der Waals surface area contributed by atoms with Crippen LogP contribution in [-0.2, 0) is 0 Å². The van der Waals surface area contributed by atoms with Crippen LogP contribution in [0.5, 0.6) is 0 Å². The summed E-state index contributed by atoms with van der Waals surface area (Å²) in [5.74, 6) is 0. The lowest BCUT2D eigenvalue weighted by molar-refractivity contribution is -0.120. The zero-order valence-corrected chi connectivity index (χ0v) is 9.92. The van der Waals surface area contributed by atoms with Gasteiger partial charge in [0.1, 0.15) is 6.54 Å². The lowest BCUT2D eigenvalue weighted by Gasteiger charge is -2.26. The molecule has 0 saturated heterocycles. The molecule has 1 heterocycles. The normalized spacial score (nSPS) is 16.2. The minimum Gasteiger partial charge on any atom is -0.359 e. The van der Waals surface area contributed by atoms with E-state index in [4.69, 9.17) is 0 Å². The summed E-state index contributed by atoms with van der Waals surface area (Å²) in [5.41, 5.74) is 0.565. The number of pyridine rings is 1. The first-order valence-corrected chi connectivity index (χ1v) is 5.69. The molecule has 1 aliphatic carbocycles. The van der Waals surface area contributed by atoms with Crippen LogP contribution in [0.1, 0.15) is 12.8 Å². The number of hydrogen-bond acceptors (Lipinski definition) is 2. The molecule has 6 heteroatoms. The molecule has 0 N–H and O–H groups in total. The van der Waals surface area contributed by atoms with Gasteiger partial charge in [0.05, 0.1) is 10.2 Å². The second kappa shape index (κ2) is 4.24. The summed E-state index contributed by atoms with van der Waals surface area (Å²) < 4.78 is 37.9. The van der Waals surface area contributed by atoms with E-state index in [0.29, 0.717) is 10.2 Å². The maximum Gasteiger partial charge on any atom is 0.405 e. The standard InChI is InChI=1S/C10H10BrF3N2/c11-8-5-15-4-3-9(8)16(7-1-2-7)6-10(12,13)14/h3-5,7H,1-2,6H2. The quantitative estimate of drug-likeness (QED) is 0.850. The van der Waals surface area contributed by atoms with Crippen LogP contribution < -0.4 is 4.90 Å². The first-order valence-electron chi connectivity index (χ1n) is 4.90. The predicted molar refractivity (Wildman–Crippen MR) is 58.4 cm³/mol. The van der Waals surface area contributed by atoms with Gasteiger partial charge in [0, 0.05) is 18.4 Å². The molecule has 16 heavy (non-hydrogen) atoms. The largest absolute Gasteiger partial charge is 0.405 e. The van der Waals surface area contributed by atoms with Gasteiger partial charge in [0.25, 0.3) is 0 Å². The van der Waals surface area contributed by atoms with Crippen LogP contribution in [-0.4, -0.2) is 23.7 Å². The minimum atomic E-state index is -4.18. The van der Waals surface area contributed by atoms with Crippen LogP contribution in [0.4, 0.5) is 18.9 Å². The topological polar surface area (TPSA) is 16.1 Å². The van der Waals surface area contributed by atoms with Crippen molar-refractivity contribution in [1.29, 1.82) is 0 Å². The highest BCUT2D eigenvalue weighted by molar-refractivity contribution is 9.10. The lowest BCUT2D eigenvalue weighted by Crippen LogP contribution is -2.36. The molecule has 2 rings (SSSR count). The average Bonchev–Trinajstić information content (AvgIpc) is 2.97. The van der Waals surface area contributed by atoms with Crippen molar-refractivity contribution < 1.29 is 13.2 Å². The molecule has 1 fully saturated rings. The third-order valence-corrected chi connectivity index (χ3v) is 3.01. The fourth-order valence-corrected chi connectivity index (χ4v) is 2.07. The number of anilines is 1. The Bertz CT molecular complexity index is 377. The van der Waals surface area contributed by atoms with Gasteiger partial charge in [-0.3, -0.25) is 4.98 Å². The monoisotopic (exact) mass is 294 g/mol. The summed E-state index contributed by atoms with van der Waals surface area (Å²) in [6, 6.07) is 1.62. The Morgan fingerprint density at radius 1 is 1.44 bits per heavy atom. The highest BCUT2D eigenvalue weighted by atomic mass is 79.9. The van der Waals surface area contributed by atoms with E-state index in [2.05, 4.69) is 20.9 Å². The summed E-state index contributed by atoms with van der Waals surface area (Å²) in [7, 11) is 0. The molecule has 88 valence electrons. The van der Waals surface area contributed by atoms with Crippen LogP contribution in [0.2, 0.25) is 0 Å². The van der Waals surface area contributed by atoms with E-state index in [9.17, 15) is 13.2 Å². The molecule has 0 unspecified atom stereocenters. The summed E-state index contributed by atoms with van der Waals surface area (Å²) in [6.45, 7) is -0.902. The van der Waals surface area contributed by atoms with Gasteiger partial charge in [-0.25, -0.2) is 0 Å². The van der Waals surface area contributed by atoms with E-state index in [-0.39, 0.29) is 6.04 Å². The molecule has 1 aromatic heterocycles. The fraction of sp³-hybridized carbons (Fsp3) is 0.500. The molecule has 1 aliphatic rings. The Balaban J connectivity index is 2.23. The molecule has 0 bridgehead atoms. The number of nitrogens with zero attached hydrogens (tertiary/aromatic N) is 2. The molecule has 0 atom stereocenters. The van der Waals surface area contributed by atoms with Gasteiger partial charge >= 0.3 is 6.18 Å². The van der Waals surface area contributed by atoms with Gasteiger partial charge in [-0.2, -0.15) is 13.2 Å². The van der Waals surface area contributed by atoms with Crippen molar-refractivity contribution in [1.82, 2.24) is 4.98 Å². The number of aromatic nitrogens is 1. The Morgan fingerprint density at radius 3 is 2.62 bits per heavy atom. The van der Waals surface area contributed by atoms with Gasteiger partial charge in [-0.1, -0.05) is 0 Å². The minimum absolute atomic E-state index is 0.0142. The van der Waals surface area contributed by atoms with Crippen molar-refractivity contribution in [3.8, 4) is 0 Å². The third-order valence-electron chi connectivity index (χ3n) is 2.40. The molecular weight excluding hydrogens is 285 g/mol. The maximum atomic E-state index is 12.4. The molecule has 1 saturated carbocycles. The van der Waals surface area contributed by atoms with Crippen molar-refractivity contribution in [2.24, 2.45) is 0 Å². The predicted octanol–water partition coefficient (Wildman–Crippen LogP) is 3.38. The molecule has 0 amide bonds. The van der Waals surface area contributed by atoms with Crippen LogP contribution in [0.25, 0.3) is 0 Å². The van der Waals surface area contributed by atoms with E-state index in [1.807, 2.05) is 0 Å². The smallest absolute Gasteiger partial charge is 0.359 e. The Kier molecular flexibility index (Phi) is 3.10. The van der Waals surface area contributed by atoms with Gasteiger partial charge in [-0.05, 0) is 34.8 Å². The van der Waals surface area contributed by atoms with E-state index in [1.165, 1.54) is 17.3 Å². The second-order valence-electron chi connectivity index (χ2n) is 3.80. The fourth-order valence-electron chi connectivity index (χ4n) is 1.59. The molecule has 0 aromatic carbocycles. The number of hydrogen-bond donors (Lipinski definition) is 0. The Labute approximate surface area is 99.6 Å². The maximum absolute atomic E-state index is 12.4. The second-order valence-corrected chi connectivity index (χ2v) is 4.66. The van der Waals surface area contributed by atoms with Gasteiger partial charge in [-0.15, -0.1) is 0 Å². The van der Waals surface area contributed by atoms with Crippen molar-refractivity contribution in [3.05, 3.63) is 22.9 Å². The van der Waals surface area contributed by atoms with Crippen molar-refractivity contribution in [3.63, 3.8) is 0 Å².